The van der Waals surface area contributed by atoms with Gasteiger partial charge in [0.15, 0.2) is 0 Å². The third-order valence-electron chi connectivity index (χ3n) is 5.01. The zero-order valence-corrected chi connectivity index (χ0v) is 16.4. The Morgan fingerprint density at radius 2 is 1.85 bits per heavy atom. The Bertz CT molecular complexity index is 1010. The molecule has 1 aliphatic carbocycles. The minimum absolute atomic E-state index is 0.126. The van der Waals surface area contributed by atoms with Gasteiger partial charge in [-0.15, -0.1) is 11.3 Å². The molecule has 1 aliphatic rings. The first-order valence-electron chi connectivity index (χ1n) is 9.18. The van der Waals surface area contributed by atoms with Crippen LogP contribution in [0.4, 0.5) is 0 Å². The molecule has 0 radical (unpaired) electrons. The topological polar surface area (TPSA) is 50.7 Å². The molecule has 1 heterocycles. The number of nitrogens with one attached hydrogen (secondary N) is 1. The van der Waals surface area contributed by atoms with Crippen molar-refractivity contribution in [3.8, 4) is 5.75 Å². The number of benzene rings is 2. The number of aryl methyl sites for hydroxylation is 2. The number of nitrogens with zero attached hydrogens (tertiary/aromatic N) is 1. The number of hydrazone groups is 1. The quantitative estimate of drug-likeness (QED) is 0.516. The minimum atomic E-state index is -0.126. The molecule has 3 aromatic rings. The molecule has 4 nitrogen and oxygen atoms in total. The largest absolute Gasteiger partial charge is 0.497 e. The molecule has 138 valence electrons. The number of fused-ring (bicyclic) bond motifs is 2. The van der Waals surface area contributed by atoms with E-state index in [0.29, 0.717) is 0 Å². The van der Waals surface area contributed by atoms with E-state index in [0.717, 1.165) is 45.5 Å². The van der Waals surface area contributed by atoms with Crippen LogP contribution in [-0.4, -0.2) is 18.7 Å². The van der Waals surface area contributed by atoms with Gasteiger partial charge < -0.3 is 4.74 Å². The van der Waals surface area contributed by atoms with Gasteiger partial charge in [0.1, 0.15) is 5.75 Å². The average Bonchev–Trinajstić information content (AvgIpc) is 3.15. The highest BCUT2D eigenvalue weighted by Gasteiger charge is 2.17. The van der Waals surface area contributed by atoms with Crippen molar-refractivity contribution in [1.82, 2.24) is 5.43 Å². The van der Waals surface area contributed by atoms with Crippen LogP contribution in [0, 0.1) is 0 Å². The highest BCUT2D eigenvalue weighted by Crippen LogP contribution is 2.29. The first-order valence-corrected chi connectivity index (χ1v) is 10.00. The lowest BCUT2D eigenvalue weighted by Crippen LogP contribution is -2.18. The molecule has 27 heavy (non-hydrogen) atoms. The van der Waals surface area contributed by atoms with E-state index in [-0.39, 0.29) is 5.91 Å². The van der Waals surface area contributed by atoms with Gasteiger partial charge in [0.05, 0.1) is 17.7 Å². The molecular formula is C22H22N2O2S. The molecular weight excluding hydrogens is 356 g/mol. The molecule has 0 saturated heterocycles. The second kappa shape index (κ2) is 7.53. The first kappa shape index (κ1) is 17.7. The second-order valence-corrected chi connectivity index (χ2v) is 7.97. The van der Waals surface area contributed by atoms with E-state index in [9.17, 15) is 4.79 Å². The lowest BCUT2D eigenvalue weighted by atomic mass is 9.99. The van der Waals surface area contributed by atoms with Crippen molar-refractivity contribution < 1.29 is 9.53 Å². The number of methoxy groups -OCH3 is 1. The van der Waals surface area contributed by atoms with Gasteiger partial charge in [0, 0.05) is 4.88 Å². The van der Waals surface area contributed by atoms with Crippen LogP contribution in [0.3, 0.4) is 0 Å². The van der Waals surface area contributed by atoms with Crippen LogP contribution >= 0.6 is 11.3 Å². The van der Waals surface area contributed by atoms with Crippen LogP contribution in [-0.2, 0) is 12.8 Å². The summed E-state index contributed by atoms with van der Waals surface area (Å²) in [6, 6.07) is 14.1. The Morgan fingerprint density at radius 3 is 2.67 bits per heavy atom. The maximum absolute atomic E-state index is 12.5. The van der Waals surface area contributed by atoms with E-state index in [1.165, 1.54) is 23.3 Å². The number of carbonyl (C=O) groups is 1. The van der Waals surface area contributed by atoms with Crippen molar-refractivity contribution >= 4 is 33.7 Å². The van der Waals surface area contributed by atoms with Gasteiger partial charge in [-0.2, -0.15) is 5.10 Å². The SMILES string of the molecule is COc1ccc2cc(C(C)=NNC(=O)c3cc4c(s3)CCCC4)ccc2c1. The summed E-state index contributed by atoms with van der Waals surface area (Å²) in [4.78, 5) is 14.6. The maximum Gasteiger partial charge on any atom is 0.281 e. The van der Waals surface area contributed by atoms with Crippen LogP contribution in [0.15, 0.2) is 47.6 Å². The van der Waals surface area contributed by atoms with Gasteiger partial charge in [-0.25, -0.2) is 5.43 Å². The molecule has 5 heteroatoms. The first-order chi connectivity index (χ1) is 13.1. The van der Waals surface area contributed by atoms with Crippen molar-refractivity contribution in [2.24, 2.45) is 5.10 Å². The zero-order valence-electron chi connectivity index (χ0n) is 15.5. The fraction of sp³-hybridized carbons (Fsp3) is 0.273. The van der Waals surface area contributed by atoms with Crippen molar-refractivity contribution in [2.75, 3.05) is 7.11 Å². The van der Waals surface area contributed by atoms with E-state index in [1.54, 1.807) is 18.4 Å². The fourth-order valence-electron chi connectivity index (χ4n) is 3.43. The molecule has 1 N–H and O–H groups in total. The predicted octanol–water partition coefficient (Wildman–Crippen LogP) is 4.94. The molecule has 0 bridgehead atoms. The van der Waals surface area contributed by atoms with Gasteiger partial charge in [-0.05, 0) is 78.8 Å². The molecule has 0 saturated carbocycles. The summed E-state index contributed by atoms with van der Waals surface area (Å²) < 4.78 is 5.27. The summed E-state index contributed by atoms with van der Waals surface area (Å²) >= 11 is 1.60. The van der Waals surface area contributed by atoms with Gasteiger partial charge in [0.25, 0.3) is 5.91 Å². The summed E-state index contributed by atoms with van der Waals surface area (Å²) in [7, 11) is 1.67. The highest BCUT2D eigenvalue weighted by molar-refractivity contribution is 7.14. The smallest absolute Gasteiger partial charge is 0.281 e. The summed E-state index contributed by atoms with van der Waals surface area (Å²) in [5.41, 5.74) is 5.81. The molecule has 0 unspecified atom stereocenters. The number of hydrogen-bond donors (Lipinski definition) is 1. The predicted molar refractivity (Wildman–Crippen MR) is 111 cm³/mol. The molecule has 0 fully saturated rings. The summed E-state index contributed by atoms with van der Waals surface area (Å²) in [6.07, 6.45) is 4.62. The van der Waals surface area contributed by atoms with Crippen LogP contribution in [0.5, 0.6) is 5.75 Å². The maximum atomic E-state index is 12.5. The number of thiophene rings is 1. The van der Waals surface area contributed by atoms with Crippen molar-refractivity contribution in [3.05, 3.63) is 63.3 Å². The lowest BCUT2D eigenvalue weighted by molar-refractivity contribution is 0.0959. The Kier molecular flexibility index (Phi) is 4.94. The molecule has 0 aliphatic heterocycles. The molecule has 4 rings (SSSR count). The lowest BCUT2D eigenvalue weighted by Gasteiger charge is -2.08. The molecule has 0 spiro atoms. The van der Waals surface area contributed by atoms with Gasteiger partial charge >= 0.3 is 0 Å². The van der Waals surface area contributed by atoms with E-state index in [2.05, 4.69) is 16.6 Å². The Balaban J connectivity index is 1.51. The summed E-state index contributed by atoms with van der Waals surface area (Å²) in [6.45, 7) is 1.91. The zero-order chi connectivity index (χ0) is 18.8. The summed E-state index contributed by atoms with van der Waals surface area (Å²) in [5.74, 6) is 0.714. The minimum Gasteiger partial charge on any atom is -0.497 e. The third kappa shape index (κ3) is 3.74. The van der Waals surface area contributed by atoms with Gasteiger partial charge in [-0.1, -0.05) is 18.2 Å². The normalized spacial score (nSPS) is 14.1. The Morgan fingerprint density at radius 1 is 1.07 bits per heavy atom. The summed E-state index contributed by atoms with van der Waals surface area (Å²) in [5, 5.41) is 6.54. The molecule has 2 aromatic carbocycles. The van der Waals surface area contributed by atoms with Crippen molar-refractivity contribution in [3.63, 3.8) is 0 Å². The van der Waals surface area contributed by atoms with Gasteiger partial charge in [0.2, 0.25) is 0 Å². The van der Waals surface area contributed by atoms with Crippen molar-refractivity contribution in [1.29, 1.82) is 0 Å². The average molecular weight is 378 g/mol. The van der Waals surface area contributed by atoms with Crippen LogP contribution in [0.1, 0.15) is 45.4 Å². The van der Waals surface area contributed by atoms with Crippen molar-refractivity contribution in [2.45, 2.75) is 32.6 Å². The van der Waals surface area contributed by atoms with Crippen LogP contribution in [0.2, 0.25) is 0 Å². The number of ether oxygens (including phenoxy) is 1. The Labute approximate surface area is 162 Å². The second-order valence-electron chi connectivity index (χ2n) is 6.83. The van der Waals surface area contributed by atoms with E-state index in [4.69, 9.17) is 4.74 Å². The van der Waals surface area contributed by atoms with E-state index in [1.807, 2.05) is 43.3 Å². The molecule has 1 amide bonds. The molecule has 0 atom stereocenters. The van der Waals surface area contributed by atoms with E-state index >= 15 is 0 Å². The van der Waals surface area contributed by atoms with Crippen LogP contribution < -0.4 is 10.2 Å². The number of carbonyl (C=O) groups excluding carboxylic acids is 1. The molecule has 1 aromatic heterocycles. The number of rotatable bonds is 4. The Hall–Kier alpha value is -2.66. The fourth-order valence-corrected chi connectivity index (χ4v) is 4.58. The monoisotopic (exact) mass is 378 g/mol. The van der Waals surface area contributed by atoms with E-state index < -0.39 is 0 Å². The van der Waals surface area contributed by atoms with Crippen LogP contribution in [0.25, 0.3) is 10.8 Å². The van der Waals surface area contributed by atoms with Gasteiger partial charge in [-0.3, -0.25) is 4.79 Å². The number of hydrogen-bond acceptors (Lipinski definition) is 4. The number of amides is 1. The standard InChI is InChI=1S/C22H22N2O2S/c1-14(15-7-8-17-12-19(26-2)10-9-16(17)11-15)23-24-22(25)21-13-18-5-3-4-6-20(18)27-21/h7-13H,3-6H2,1-2H3,(H,24,25). The third-order valence-corrected chi connectivity index (χ3v) is 6.25. The highest BCUT2D eigenvalue weighted by atomic mass is 32.1.